The number of para-hydroxylation sites is 1. The van der Waals surface area contributed by atoms with Crippen LogP contribution in [0, 0.1) is 0 Å². The summed E-state index contributed by atoms with van der Waals surface area (Å²) in [7, 11) is 0. The number of nitrogens with one attached hydrogen (secondary N) is 2. The number of halogens is 1. The molecule has 2 aromatic carbocycles. The summed E-state index contributed by atoms with van der Waals surface area (Å²) in [5.74, 6) is 1.71. The van der Waals surface area contributed by atoms with Gasteiger partial charge in [0, 0.05) is 17.3 Å². The van der Waals surface area contributed by atoms with Crippen molar-refractivity contribution in [3.8, 4) is 0 Å². The molecule has 0 aliphatic carbocycles. The number of rotatable bonds is 9. The number of nitrogens with two attached hydrogens (primary N) is 1. The van der Waals surface area contributed by atoms with Crippen LogP contribution in [0.25, 0.3) is 0 Å². The first-order chi connectivity index (χ1) is 14.5. The highest BCUT2D eigenvalue weighted by Gasteiger charge is 2.09. The molecule has 4 N–H and O–H groups in total. The third kappa shape index (κ3) is 6.60. The highest BCUT2D eigenvalue weighted by molar-refractivity contribution is 7.99. The van der Waals surface area contributed by atoms with Crippen molar-refractivity contribution in [2.75, 3.05) is 16.8 Å². The molecule has 0 aliphatic heterocycles. The third-order valence-corrected chi connectivity index (χ3v) is 5.35. The van der Waals surface area contributed by atoms with E-state index in [0.717, 1.165) is 23.2 Å². The standard InChI is InChI=1S/C21H23ClN6OS/c1-2-15-7-3-4-9-17(15)25-21-27-18(26-20(23)28-21)12-30-13-19(29)24-11-14-6-5-8-16(22)10-14/h3-10H,2,11-13H2,1H3,(H,24,29)(H3,23,25,26,27,28). The molecule has 9 heteroatoms. The predicted molar refractivity (Wildman–Crippen MR) is 123 cm³/mol. The van der Waals surface area contributed by atoms with Gasteiger partial charge in [-0.3, -0.25) is 4.79 Å². The highest BCUT2D eigenvalue weighted by Crippen LogP contribution is 2.20. The molecule has 0 spiro atoms. The van der Waals surface area contributed by atoms with Gasteiger partial charge in [0.25, 0.3) is 0 Å². The van der Waals surface area contributed by atoms with Crippen LogP contribution in [0.4, 0.5) is 17.6 Å². The molecular formula is C21H23ClN6OS. The fourth-order valence-corrected chi connectivity index (χ4v) is 3.68. The minimum atomic E-state index is -0.0720. The molecule has 0 saturated carbocycles. The number of hydrogen-bond acceptors (Lipinski definition) is 7. The first-order valence-corrected chi connectivity index (χ1v) is 11.0. The van der Waals surface area contributed by atoms with Crippen molar-refractivity contribution >= 4 is 46.9 Å². The van der Waals surface area contributed by atoms with Crippen LogP contribution in [0.3, 0.4) is 0 Å². The van der Waals surface area contributed by atoms with E-state index in [1.165, 1.54) is 11.8 Å². The average molecular weight is 443 g/mol. The van der Waals surface area contributed by atoms with E-state index in [9.17, 15) is 4.79 Å². The third-order valence-electron chi connectivity index (χ3n) is 4.19. The Balaban J connectivity index is 1.52. The summed E-state index contributed by atoms with van der Waals surface area (Å²) < 4.78 is 0. The second kappa shape index (κ2) is 10.8. The van der Waals surface area contributed by atoms with Gasteiger partial charge in [-0.1, -0.05) is 48.9 Å². The number of hydrogen-bond donors (Lipinski definition) is 3. The highest BCUT2D eigenvalue weighted by atomic mass is 35.5. The molecule has 0 fully saturated rings. The van der Waals surface area contributed by atoms with Crippen molar-refractivity contribution in [3.05, 3.63) is 70.5 Å². The zero-order chi connectivity index (χ0) is 21.3. The number of aromatic nitrogens is 3. The molecule has 3 aromatic rings. The maximum atomic E-state index is 12.1. The first-order valence-electron chi connectivity index (χ1n) is 9.47. The van der Waals surface area contributed by atoms with Crippen molar-refractivity contribution in [1.82, 2.24) is 20.3 Å². The molecule has 30 heavy (non-hydrogen) atoms. The van der Waals surface area contributed by atoms with Crippen LogP contribution < -0.4 is 16.4 Å². The number of carbonyl (C=O) groups excluding carboxylic acids is 1. The summed E-state index contributed by atoms with van der Waals surface area (Å²) in [5.41, 5.74) is 8.88. The van der Waals surface area contributed by atoms with Crippen LogP contribution in [0.1, 0.15) is 23.9 Å². The molecule has 7 nitrogen and oxygen atoms in total. The van der Waals surface area contributed by atoms with Gasteiger partial charge in [-0.25, -0.2) is 0 Å². The van der Waals surface area contributed by atoms with Crippen molar-refractivity contribution in [3.63, 3.8) is 0 Å². The summed E-state index contributed by atoms with van der Waals surface area (Å²) in [4.78, 5) is 24.8. The molecule has 1 amide bonds. The van der Waals surface area contributed by atoms with E-state index in [0.29, 0.717) is 29.1 Å². The molecule has 1 heterocycles. The van der Waals surface area contributed by atoms with Crippen LogP contribution in [0.5, 0.6) is 0 Å². The summed E-state index contributed by atoms with van der Waals surface area (Å²) >= 11 is 7.36. The topological polar surface area (TPSA) is 106 Å². The maximum Gasteiger partial charge on any atom is 0.232 e. The summed E-state index contributed by atoms with van der Waals surface area (Å²) in [6.07, 6.45) is 0.886. The van der Waals surface area contributed by atoms with Crippen molar-refractivity contribution in [1.29, 1.82) is 0 Å². The van der Waals surface area contributed by atoms with Crippen LogP contribution in [-0.2, 0) is 23.5 Å². The lowest BCUT2D eigenvalue weighted by atomic mass is 10.1. The molecule has 0 atom stereocenters. The van der Waals surface area contributed by atoms with E-state index >= 15 is 0 Å². The van der Waals surface area contributed by atoms with Gasteiger partial charge in [0.2, 0.25) is 17.8 Å². The Kier molecular flexibility index (Phi) is 7.87. The smallest absolute Gasteiger partial charge is 0.232 e. The lowest BCUT2D eigenvalue weighted by molar-refractivity contribution is -0.118. The summed E-state index contributed by atoms with van der Waals surface area (Å²) in [6, 6.07) is 15.4. The van der Waals surface area contributed by atoms with E-state index < -0.39 is 0 Å². The maximum absolute atomic E-state index is 12.1. The fraction of sp³-hybridized carbons (Fsp3) is 0.238. The van der Waals surface area contributed by atoms with E-state index in [1.807, 2.05) is 42.5 Å². The Morgan fingerprint density at radius 3 is 2.77 bits per heavy atom. The number of amides is 1. The summed E-state index contributed by atoms with van der Waals surface area (Å²) in [6.45, 7) is 2.52. The largest absolute Gasteiger partial charge is 0.368 e. The molecule has 3 rings (SSSR count). The van der Waals surface area contributed by atoms with Gasteiger partial charge in [-0.15, -0.1) is 11.8 Å². The molecule has 1 aromatic heterocycles. The van der Waals surface area contributed by atoms with Crippen LogP contribution in [-0.4, -0.2) is 26.6 Å². The Morgan fingerprint density at radius 2 is 1.97 bits per heavy atom. The second-order valence-electron chi connectivity index (χ2n) is 6.47. The van der Waals surface area contributed by atoms with Gasteiger partial charge in [0.05, 0.1) is 11.5 Å². The zero-order valence-corrected chi connectivity index (χ0v) is 18.1. The van der Waals surface area contributed by atoms with Gasteiger partial charge in [-0.2, -0.15) is 15.0 Å². The number of anilines is 3. The number of benzene rings is 2. The lowest BCUT2D eigenvalue weighted by Gasteiger charge is -2.10. The molecule has 0 bridgehead atoms. The van der Waals surface area contributed by atoms with Gasteiger partial charge in [-0.05, 0) is 35.7 Å². The lowest BCUT2D eigenvalue weighted by Crippen LogP contribution is -2.24. The van der Waals surface area contributed by atoms with E-state index in [4.69, 9.17) is 17.3 Å². The van der Waals surface area contributed by atoms with Crippen molar-refractivity contribution in [2.45, 2.75) is 25.6 Å². The van der Waals surface area contributed by atoms with Crippen LogP contribution >= 0.6 is 23.4 Å². The van der Waals surface area contributed by atoms with Gasteiger partial charge in [0.15, 0.2) is 0 Å². The predicted octanol–water partition coefficient (Wildman–Crippen LogP) is 3.96. The summed E-state index contributed by atoms with van der Waals surface area (Å²) in [5, 5.41) is 6.72. The molecule has 0 radical (unpaired) electrons. The average Bonchev–Trinajstić information content (AvgIpc) is 2.72. The number of carbonyl (C=O) groups is 1. The molecule has 0 saturated heterocycles. The van der Waals surface area contributed by atoms with Gasteiger partial charge < -0.3 is 16.4 Å². The Hall–Kier alpha value is -2.84. The number of aryl methyl sites for hydroxylation is 1. The zero-order valence-electron chi connectivity index (χ0n) is 16.6. The number of thioether (sulfide) groups is 1. The van der Waals surface area contributed by atoms with E-state index in [1.54, 1.807) is 6.07 Å². The Bertz CT molecular complexity index is 1020. The second-order valence-corrected chi connectivity index (χ2v) is 7.89. The quantitative estimate of drug-likeness (QED) is 0.460. The minimum Gasteiger partial charge on any atom is -0.368 e. The Labute approximate surface area is 184 Å². The van der Waals surface area contributed by atoms with E-state index in [-0.39, 0.29) is 17.6 Å². The first kappa shape index (κ1) is 21.9. The normalized spacial score (nSPS) is 10.6. The Morgan fingerprint density at radius 1 is 1.13 bits per heavy atom. The molecule has 0 aliphatic rings. The van der Waals surface area contributed by atoms with Crippen molar-refractivity contribution in [2.24, 2.45) is 0 Å². The monoisotopic (exact) mass is 442 g/mol. The number of nitrogen functional groups attached to an aromatic ring is 1. The number of nitrogens with zero attached hydrogens (tertiary/aromatic N) is 3. The SMILES string of the molecule is CCc1ccccc1Nc1nc(N)nc(CSCC(=O)NCc2cccc(Cl)c2)n1. The minimum absolute atomic E-state index is 0.0720. The van der Waals surface area contributed by atoms with Crippen molar-refractivity contribution < 1.29 is 4.79 Å². The van der Waals surface area contributed by atoms with Crippen LogP contribution in [0.15, 0.2) is 48.5 Å². The van der Waals surface area contributed by atoms with Crippen LogP contribution in [0.2, 0.25) is 5.02 Å². The molecule has 0 unspecified atom stereocenters. The van der Waals surface area contributed by atoms with E-state index in [2.05, 4.69) is 32.5 Å². The molecule has 156 valence electrons. The van der Waals surface area contributed by atoms with Gasteiger partial charge >= 0.3 is 0 Å². The van der Waals surface area contributed by atoms with Gasteiger partial charge in [0.1, 0.15) is 5.82 Å². The molecular weight excluding hydrogens is 420 g/mol. The fourth-order valence-electron chi connectivity index (χ4n) is 2.76.